The first-order valence-electron chi connectivity index (χ1n) is 9.13. The van der Waals surface area contributed by atoms with Crippen molar-refractivity contribution in [2.75, 3.05) is 7.11 Å². The number of methoxy groups -OCH3 is 1. The average molecular weight is 389 g/mol. The fourth-order valence-electron chi connectivity index (χ4n) is 2.81. The molecule has 6 heteroatoms. The van der Waals surface area contributed by atoms with Crippen LogP contribution in [0.4, 0.5) is 0 Å². The van der Waals surface area contributed by atoms with Gasteiger partial charge in [0.15, 0.2) is 6.10 Å². The third kappa shape index (κ3) is 5.43. The Morgan fingerprint density at radius 1 is 0.966 bits per heavy atom. The van der Waals surface area contributed by atoms with E-state index in [1.54, 1.807) is 12.1 Å². The number of nitrogen functional groups attached to an aromatic ring is 1. The van der Waals surface area contributed by atoms with Crippen LogP contribution in [0.5, 0.6) is 11.5 Å². The third-order valence-electron chi connectivity index (χ3n) is 4.37. The van der Waals surface area contributed by atoms with Gasteiger partial charge in [0, 0.05) is 19.2 Å². The number of carbonyl (C=O) groups excluding carboxylic acids is 1. The molecule has 0 aromatic heterocycles. The van der Waals surface area contributed by atoms with E-state index >= 15 is 0 Å². The number of ether oxygens (including phenoxy) is 2. The molecule has 0 radical (unpaired) electrons. The van der Waals surface area contributed by atoms with Crippen molar-refractivity contribution in [3.63, 3.8) is 0 Å². The Morgan fingerprint density at radius 2 is 1.59 bits per heavy atom. The van der Waals surface area contributed by atoms with Crippen molar-refractivity contribution in [1.29, 1.82) is 5.41 Å². The van der Waals surface area contributed by atoms with E-state index in [4.69, 9.17) is 20.6 Å². The zero-order chi connectivity index (χ0) is 20.6. The van der Waals surface area contributed by atoms with Gasteiger partial charge in [-0.05, 0) is 35.4 Å². The van der Waals surface area contributed by atoms with E-state index in [0.717, 1.165) is 16.9 Å². The summed E-state index contributed by atoms with van der Waals surface area (Å²) < 4.78 is 11.2. The van der Waals surface area contributed by atoms with Crippen molar-refractivity contribution in [3.8, 4) is 11.5 Å². The van der Waals surface area contributed by atoms with Crippen LogP contribution < -0.4 is 15.8 Å². The van der Waals surface area contributed by atoms with Crippen LogP contribution in [0.3, 0.4) is 0 Å². The molecular weight excluding hydrogens is 366 g/mol. The van der Waals surface area contributed by atoms with Crippen LogP contribution in [0.15, 0.2) is 78.9 Å². The number of para-hydroxylation sites is 1. The summed E-state index contributed by atoms with van der Waals surface area (Å²) in [6.45, 7) is 0.353. The number of carbonyl (C=O) groups is 1. The zero-order valence-corrected chi connectivity index (χ0v) is 16.1. The molecule has 6 nitrogen and oxygen atoms in total. The van der Waals surface area contributed by atoms with Crippen LogP contribution in [-0.4, -0.2) is 18.9 Å². The van der Waals surface area contributed by atoms with Crippen molar-refractivity contribution in [1.82, 2.24) is 5.32 Å². The Hall–Kier alpha value is -3.64. The van der Waals surface area contributed by atoms with Gasteiger partial charge in [-0.25, -0.2) is 0 Å². The first-order valence-corrected chi connectivity index (χ1v) is 9.13. The number of hydrogen-bond acceptors (Lipinski definition) is 4. The number of amidine groups is 1. The molecule has 3 aromatic carbocycles. The van der Waals surface area contributed by atoms with Gasteiger partial charge in [0.1, 0.15) is 17.3 Å². The maximum atomic E-state index is 12.6. The Balaban J connectivity index is 1.60. The molecule has 29 heavy (non-hydrogen) atoms. The van der Waals surface area contributed by atoms with Crippen LogP contribution in [0.25, 0.3) is 0 Å². The van der Waals surface area contributed by atoms with Crippen LogP contribution in [0, 0.1) is 5.41 Å². The number of nitrogens with one attached hydrogen (secondary N) is 2. The summed E-state index contributed by atoms with van der Waals surface area (Å²) >= 11 is 0. The summed E-state index contributed by atoms with van der Waals surface area (Å²) in [5.74, 6) is 1.21. The van der Waals surface area contributed by atoms with Gasteiger partial charge in [-0.3, -0.25) is 10.2 Å². The maximum Gasteiger partial charge on any atom is 0.254 e. The zero-order valence-electron chi connectivity index (χ0n) is 16.1. The molecular formula is C23H23N3O3. The molecule has 1 unspecified atom stereocenters. The second kappa shape index (κ2) is 9.52. The lowest BCUT2D eigenvalue weighted by Gasteiger charge is -2.16. The Kier molecular flexibility index (Phi) is 6.60. The minimum atomic E-state index is -0.725. The monoisotopic (exact) mass is 389 g/mol. The normalized spacial score (nSPS) is 11.5. The predicted molar refractivity (Wildman–Crippen MR) is 112 cm³/mol. The quantitative estimate of drug-likeness (QED) is 0.403. The summed E-state index contributed by atoms with van der Waals surface area (Å²) in [6, 6.07) is 23.9. The van der Waals surface area contributed by atoms with E-state index in [1.165, 1.54) is 7.11 Å². The molecule has 0 saturated carbocycles. The topological polar surface area (TPSA) is 97.4 Å². The van der Waals surface area contributed by atoms with Crippen LogP contribution in [0.1, 0.15) is 22.8 Å². The van der Waals surface area contributed by atoms with Crippen molar-refractivity contribution in [2.24, 2.45) is 5.73 Å². The Morgan fingerprint density at radius 3 is 2.17 bits per heavy atom. The number of nitrogens with two attached hydrogens (primary N) is 1. The molecule has 1 amide bonds. The highest BCUT2D eigenvalue weighted by Crippen LogP contribution is 2.24. The summed E-state index contributed by atoms with van der Waals surface area (Å²) in [5, 5.41) is 10.3. The molecule has 1 atom stereocenters. The summed E-state index contributed by atoms with van der Waals surface area (Å²) in [6.07, 6.45) is -0.725. The Labute approximate surface area is 169 Å². The second-order valence-electron chi connectivity index (χ2n) is 6.43. The van der Waals surface area contributed by atoms with Gasteiger partial charge >= 0.3 is 0 Å². The standard InChI is InChI=1S/C23H23N3O3/c1-28-21(23(27)26-15-16-7-9-18(10-8-16)22(24)25)17-11-13-20(14-12-17)29-19-5-3-2-4-6-19/h2-14,21H,15H2,1H3,(H3,24,25)(H,26,27). The van der Waals surface area contributed by atoms with Crippen molar-refractivity contribution < 1.29 is 14.3 Å². The fraction of sp³-hybridized carbons (Fsp3) is 0.130. The largest absolute Gasteiger partial charge is 0.457 e. The summed E-state index contributed by atoms with van der Waals surface area (Å²) in [4.78, 5) is 12.6. The van der Waals surface area contributed by atoms with Gasteiger partial charge < -0.3 is 20.5 Å². The SMILES string of the molecule is COC(C(=O)NCc1ccc(C(=N)N)cc1)c1ccc(Oc2ccccc2)cc1. The average Bonchev–Trinajstić information content (AvgIpc) is 2.75. The number of hydrogen-bond donors (Lipinski definition) is 3. The lowest BCUT2D eigenvalue weighted by Crippen LogP contribution is -2.30. The highest BCUT2D eigenvalue weighted by Gasteiger charge is 2.19. The van der Waals surface area contributed by atoms with Crippen molar-refractivity contribution >= 4 is 11.7 Å². The molecule has 148 valence electrons. The summed E-state index contributed by atoms with van der Waals surface area (Å²) in [5.41, 5.74) is 7.74. The minimum absolute atomic E-state index is 0.0136. The second-order valence-corrected chi connectivity index (χ2v) is 6.43. The molecule has 0 aliphatic heterocycles. The van der Waals surface area contributed by atoms with Gasteiger partial charge in [-0.2, -0.15) is 0 Å². The van der Waals surface area contributed by atoms with Crippen LogP contribution in [0.2, 0.25) is 0 Å². The third-order valence-corrected chi connectivity index (χ3v) is 4.37. The lowest BCUT2D eigenvalue weighted by molar-refractivity contribution is -0.131. The van der Waals surface area contributed by atoms with Crippen molar-refractivity contribution in [3.05, 3.63) is 95.6 Å². The molecule has 0 bridgehead atoms. The van der Waals surface area contributed by atoms with E-state index in [1.807, 2.05) is 66.7 Å². The highest BCUT2D eigenvalue weighted by molar-refractivity contribution is 5.94. The van der Waals surface area contributed by atoms with Gasteiger partial charge in [0.25, 0.3) is 5.91 Å². The molecule has 3 aromatic rings. The molecule has 0 aliphatic rings. The summed E-state index contributed by atoms with van der Waals surface area (Å²) in [7, 11) is 1.50. The van der Waals surface area contributed by atoms with E-state index < -0.39 is 6.10 Å². The first kappa shape index (κ1) is 20.1. The van der Waals surface area contributed by atoms with Gasteiger partial charge in [0.05, 0.1) is 0 Å². The Bertz CT molecular complexity index is 955. The van der Waals surface area contributed by atoms with E-state index in [2.05, 4.69) is 5.32 Å². The molecule has 4 N–H and O–H groups in total. The van der Waals surface area contributed by atoms with Crippen molar-refractivity contribution in [2.45, 2.75) is 12.6 Å². The molecule has 0 aliphatic carbocycles. The fourth-order valence-corrected chi connectivity index (χ4v) is 2.81. The highest BCUT2D eigenvalue weighted by atomic mass is 16.5. The lowest BCUT2D eigenvalue weighted by atomic mass is 10.1. The van der Waals surface area contributed by atoms with Gasteiger partial charge in [0.2, 0.25) is 0 Å². The van der Waals surface area contributed by atoms with E-state index in [0.29, 0.717) is 17.9 Å². The maximum absolute atomic E-state index is 12.6. The predicted octanol–water partition coefficient (Wildman–Crippen LogP) is 3.77. The number of amides is 1. The van der Waals surface area contributed by atoms with Crippen LogP contribution >= 0.6 is 0 Å². The molecule has 0 heterocycles. The van der Waals surface area contributed by atoms with Crippen LogP contribution in [-0.2, 0) is 16.1 Å². The van der Waals surface area contributed by atoms with Gasteiger partial charge in [-0.15, -0.1) is 0 Å². The van der Waals surface area contributed by atoms with E-state index in [-0.39, 0.29) is 11.7 Å². The number of benzene rings is 3. The van der Waals surface area contributed by atoms with Gasteiger partial charge in [-0.1, -0.05) is 54.6 Å². The number of rotatable bonds is 8. The minimum Gasteiger partial charge on any atom is -0.457 e. The van der Waals surface area contributed by atoms with E-state index in [9.17, 15) is 4.79 Å². The first-order chi connectivity index (χ1) is 14.1. The smallest absolute Gasteiger partial charge is 0.254 e. The molecule has 0 fully saturated rings. The molecule has 3 rings (SSSR count). The molecule has 0 saturated heterocycles. The molecule has 0 spiro atoms.